The lowest BCUT2D eigenvalue weighted by Gasteiger charge is -2.30. The van der Waals surface area contributed by atoms with Gasteiger partial charge in [0.2, 0.25) is 0 Å². The Labute approximate surface area is 192 Å². The third-order valence-corrected chi connectivity index (χ3v) is 5.83. The van der Waals surface area contributed by atoms with Crippen LogP contribution in [0.4, 0.5) is 0 Å². The van der Waals surface area contributed by atoms with Gasteiger partial charge in [0.05, 0.1) is 6.61 Å². The molecule has 1 heterocycles. The number of aromatic amines is 1. The van der Waals surface area contributed by atoms with E-state index in [9.17, 15) is 4.79 Å². The zero-order valence-electron chi connectivity index (χ0n) is 20.0. The van der Waals surface area contributed by atoms with Gasteiger partial charge in [-0.1, -0.05) is 43.7 Å². The Morgan fingerprint density at radius 3 is 2.84 bits per heavy atom. The number of hydrogen-bond donors (Lipinski definition) is 3. The fourth-order valence-corrected chi connectivity index (χ4v) is 3.57. The van der Waals surface area contributed by atoms with E-state index in [1.54, 1.807) is 7.11 Å². The van der Waals surface area contributed by atoms with Gasteiger partial charge in [-0.3, -0.25) is 4.79 Å². The third-order valence-electron chi connectivity index (χ3n) is 5.83. The minimum absolute atomic E-state index is 0.138. The largest absolute Gasteiger partial charge is 0.383 e. The molecule has 0 fully saturated rings. The maximum atomic E-state index is 12.2. The molecule has 1 aromatic heterocycles. The van der Waals surface area contributed by atoms with E-state index in [4.69, 9.17) is 10.00 Å². The highest BCUT2D eigenvalue weighted by Crippen LogP contribution is 2.35. The van der Waals surface area contributed by atoms with Crippen molar-refractivity contribution in [3.05, 3.63) is 53.2 Å². The van der Waals surface area contributed by atoms with Crippen LogP contribution in [0.15, 0.2) is 41.6 Å². The quantitative estimate of drug-likeness (QED) is 0.274. The van der Waals surface area contributed by atoms with Crippen molar-refractivity contribution in [3.63, 3.8) is 0 Å². The third kappa shape index (κ3) is 8.10. The number of nitrogens with one attached hydrogen (secondary N) is 3. The first-order valence-corrected chi connectivity index (χ1v) is 11.2. The molecule has 174 valence electrons. The van der Waals surface area contributed by atoms with Crippen molar-refractivity contribution in [1.82, 2.24) is 20.6 Å². The molecule has 0 unspecified atom stereocenters. The minimum atomic E-state index is -0.339. The number of allylic oxidation sites excluding steroid dienone is 3. The van der Waals surface area contributed by atoms with Gasteiger partial charge in [-0.15, -0.1) is 0 Å². The number of nitriles is 1. The highest BCUT2D eigenvalue weighted by atomic mass is 16.5. The highest BCUT2D eigenvalue weighted by molar-refractivity contribution is 5.90. The molecule has 1 aliphatic rings. The monoisotopic (exact) mass is 439 g/mol. The number of methoxy groups -OCH3 is 1. The van der Waals surface area contributed by atoms with Crippen LogP contribution in [0.2, 0.25) is 0 Å². The first kappa shape index (κ1) is 25.6. The van der Waals surface area contributed by atoms with Crippen molar-refractivity contribution in [2.45, 2.75) is 58.9 Å². The van der Waals surface area contributed by atoms with Crippen LogP contribution >= 0.6 is 0 Å². The zero-order valence-corrected chi connectivity index (χ0v) is 20.0. The van der Waals surface area contributed by atoms with Gasteiger partial charge in [0.15, 0.2) is 11.5 Å². The maximum absolute atomic E-state index is 12.2. The second-order valence-corrected chi connectivity index (χ2v) is 9.50. The molecule has 1 aromatic rings. The first-order valence-electron chi connectivity index (χ1n) is 11.2. The number of carbonyl (C=O) groups excluding carboxylic acids is 1. The van der Waals surface area contributed by atoms with Crippen molar-refractivity contribution in [3.8, 4) is 6.07 Å². The number of imidazole rings is 1. The maximum Gasteiger partial charge on any atom is 0.287 e. The molecule has 1 amide bonds. The number of aromatic nitrogens is 2. The van der Waals surface area contributed by atoms with Crippen LogP contribution in [-0.4, -0.2) is 48.2 Å². The van der Waals surface area contributed by atoms with Crippen molar-refractivity contribution >= 4 is 5.91 Å². The number of hydrogen-bond acceptors (Lipinski definition) is 5. The number of H-pyrrole nitrogens is 1. The Kier molecular flexibility index (Phi) is 9.42. The number of amides is 1. The van der Waals surface area contributed by atoms with Crippen LogP contribution in [0, 0.1) is 16.7 Å². The van der Waals surface area contributed by atoms with Gasteiger partial charge in [0.1, 0.15) is 6.07 Å². The molecule has 1 aliphatic carbocycles. The molecule has 0 aromatic carbocycles. The summed E-state index contributed by atoms with van der Waals surface area (Å²) in [5, 5.41) is 15.2. The van der Waals surface area contributed by atoms with E-state index in [0.29, 0.717) is 18.6 Å². The second-order valence-electron chi connectivity index (χ2n) is 9.50. The average Bonchev–Trinajstić information content (AvgIpc) is 3.23. The summed E-state index contributed by atoms with van der Waals surface area (Å²) < 4.78 is 5.18. The average molecular weight is 440 g/mol. The molecule has 0 bridgehead atoms. The normalized spacial score (nSPS) is 16.6. The van der Waals surface area contributed by atoms with E-state index in [1.807, 2.05) is 12.1 Å². The Morgan fingerprint density at radius 2 is 2.22 bits per heavy atom. The molecule has 2 rings (SSSR count). The predicted molar refractivity (Wildman–Crippen MR) is 127 cm³/mol. The summed E-state index contributed by atoms with van der Waals surface area (Å²) in [6.45, 7) is 10.7. The molecule has 0 aliphatic heterocycles. The zero-order chi connectivity index (χ0) is 23.6. The van der Waals surface area contributed by atoms with E-state index < -0.39 is 0 Å². The van der Waals surface area contributed by atoms with Crippen LogP contribution < -0.4 is 10.6 Å². The smallest absolute Gasteiger partial charge is 0.287 e. The SMILES string of the molecule is COCCNC(C)(C)C(/C=C\CNC(=O)c1nc(C#N)c[nH]1)=C/CC1=CCC(C)(C)CC1. The van der Waals surface area contributed by atoms with Gasteiger partial charge >= 0.3 is 0 Å². The van der Waals surface area contributed by atoms with Crippen LogP contribution in [0.3, 0.4) is 0 Å². The Morgan fingerprint density at radius 1 is 1.44 bits per heavy atom. The van der Waals surface area contributed by atoms with Gasteiger partial charge in [0, 0.05) is 31.9 Å². The topological polar surface area (TPSA) is 103 Å². The Bertz CT molecular complexity index is 900. The van der Waals surface area contributed by atoms with Gasteiger partial charge in [-0.2, -0.15) is 5.26 Å². The molecule has 0 saturated carbocycles. The van der Waals surface area contributed by atoms with E-state index in [-0.39, 0.29) is 23.0 Å². The fourth-order valence-electron chi connectivity index (χ4n) is 3.57. The van der Waals surface area contributed by atoms with Gasteiger partial charge in [-0.25, -0.2) is 4.98 Å². The Balaban J connectivity index is 2.03. The van der Waals surface area contributed by atoms with E-state index >= 15 is 0 Å². The summed E-state index contributed by atoms with van der Waals surface area (Å²) in [5.74, 6) is -0.200. The molecule has 0 saturated heterocycles. The molecule has 7 heteroatoms. The predicted octanol–water partition coefficient (Wildman–Crippen LogP) is 4.03. The molecule has 7 nitrogen and oxygen atoms in total. The molecule has 0 atom stereocenters. The molecule has 3 N–H and O–H groups in total. The summed E-state index contributed by atoms with van der Waals surface area (Å²) >= 11 is 0. The fraction of sp³-hybridized carbons (Fsp3) is 0.560. The molecular weight excluding hydrogens is 402 g/mol. The lowest BCUT2D eigenvalue weighted by molar-refractivity contribution is 0.0948. The number of nitrogens with zero attached hydrogens (tertiary/aromatic N) is 2. The van der Waals surface area contributed by atoms with Crippen LogP contribution in [0.25, 0.3) is 0 Å². The van der Waals surface area contributed by atoms with E-state index in [0.717, 1.165) is 25.8 Å². The van der Waals surface area contributed by atoms with Crippen molar-refractivity contribution < 1.29 is 9.53 Å². The van der Waals surface area contributed by atoms with Crippen molar-refractivity contribution in [2.24, 2.45) is 5.41 Å². The summed E-state index contributed by atoms with van der Waals surface area (Å²) in [7, 11) is 1.70. The summed E-state index contributed by atoms with van der Waals surface area (Å²) in [4.78, 5) is 18.8. The Hall–Kier alpha value is -2.69. The van der Waals surface area contributed by atoms with Crippen LogP contribution in [-0.2, 0) is 4.74 Å². The van der Waals surface area contributed by atoms with Crippen LogP contribution in [0.5, 0.6) is 0 Å². The summed E-state index contributed by atoms with van der Waals surface area (Å²) in [6.07, 6.45) is 14.5. The van der Waals surface area contributed by atoms with Gasteiger partial charge < -0.3 is 20.4 Å². The first-order chi connectivity index (χ1) is 15.2. The van der Waals surface area contributed by atoms with Crippen molar-refractivity contribution in [2.75, 3.05) is 26.8 Å². The lowest BCUT2D eigenvalue weighted by atomic mass is 9.77. The van der Waals surface area contributed by atoms with E-state index in [2.05, 4.69) is 66.5 Å². The van der Waals surface area contributed by atoms with Crippen LogP contribution in [0.1, 0.15) is 69.7 Å². The van der Waals surface area contributed by atoms with Crippen molar-refractivity contribution in [1.29, 1.82) is 5.26 Å². The number of ether oxygens (including phenoxy) is 1. The number of carbonyl (C=O) groups is 1. The molecule has 0 spiro atoms. The summed E-state index contributed by atoms with van der Waals surface area (Å²) in [5.41, 5.74) is 3.01. The van der Waals surface area contributed by atoms with Gasteiger partial charge in [-0.05, 0) is 50.5 Å². The second kappa shape index (κ2) is 11.8. The lowest BCUT2D eigenvalue weighted by Crippen LogP contribution is -2.42. The van der Waals surface area contributed by atoms with E-state index in [1.165, 1.54) is 23.8 Å². The molecule has 32 heavy (non-hydrogen) atoms. The minimum Gasteiger partial charge on any atom is -0.383 e. The summed E-state index contributed by atoms with van der Waals surface area (Å²) in [6, 6.07) is 1.90. The highest BCUT2D eigenvalue weighted by Gasteiger charge is 2.23. The standard InChI is InChI=1S/C25H37N5O2/c1-24(2)12-10-19(11-13-24)8-9-20(25(3,4)29-15-16-32-5)7-6-14-27-23(31)22-28-18-21(17-26)30-22/h6-7,9-10,18,29H,8,11-16H2,1-5H3,(H,27,31)(H,28,30)/b7-6-,20-9+. The van der Waals surface area contributed by atoms with Gasteiger partial charge in [0.25, 0.3) is 5.91 Å². The molecular formula is C25H37N5O2. The number of rotatable bonds is 11. The molecule has 0 radical (unpaired) electrons.